The Bertz CT molecular complexity index is 317. The molecule has 0 aliphatic heterocycles. The van der Waals surface area contributed by atoms with Crippen molar-refractivity contribution in [1.29, 1.82) is 0 Å². The molecule has 1 rings (SSSR count). The van der Waals surface area contributed by atoms with Gasteiger partial charge in [0.2, 0.25) is 5.92 Å². The van der Waals surface area contributed by atoms with Crippen LogP contribution in [0.2, 0.25) is 0 Å². The van der Waals surface area contributed by atoms with Crippen molar-refractivity contribution in [2.75, 3.05) is 6.61 Å². The summed E-state index contributed by atoms with van der Waals surface area (Å²) < 4.78 is 4.85. The van der Waals surface area contributed by atoms with Crippen molar-refractivity contribution in [3.8, 4) is 0 Å². The van der Waals surface area contributed by atoms with Crippen molar-refractivity contribution in [3.63, 3.8) is 0 Å². The number of ketones is 1. The van der Waals surface area contributed by atoms with Crippen LogP contribution in [0.1, 0.15) is 27.2 Å². The molecule has 0 aromatic rings. The number of ether oxygens (including phenoxy) is 1. The van der Waals surface area contributed by atoms with E-state index in [2.05, 4.69) is 0 Å². The molecule has 90 valence electrons. The van der Waals surface area contributed by atoms with Crippen molar-refractivity contribution in [3.05, 3.63) is 0 Å². The van der Waals surface area contributed by atoms with Crippen LogP contribution in [0.25, 0.3) is 0 Å². The highest BCUT2D eigenvalue weighted by Gasteiger charge is 2.46. The first-order valence-electron chi connectivity index (χ1n) is 5.15. The van der Waals surface area contributed by atoms with Gasteiger partial charge in [-0.2, -0.15) is 0 Å². The Labute approximate surface area is 93.8 Å². The molecule has 2 unspecified atom stereocenters. The van der Waals surface area contributed by atoms with E-state index in [1.165, 1.54) is 0 Å². The highest BCUT2D eigenvalue weighted by Crippen LogP contribution is 2.51. The molecule has 2 atom stereocenters. The molecule has 5 heteroatoms. The number of rotatable bonds is 5. The van der Waals surface area contributed by atoms with Gasteiger partial charge in [0.05, 0.1) is 6.61 Å². The maximum atomic E-state index is 11.3. The zero-order valence-electron chi connectivity index (χ0n) is 9.65. The second kappa shape index (κ2) is 4.23. The maximum absolute atomic E-state index is 11.3. The van der Waals surface area contributed by atoms with Gasteiger partial charge in [-0.15, -0.1) is 0 Å². The Balaban J connectivity index is 2.45. The van der Waals surface area contributed by atoms with Gasteiger partial charge in [-0.3, -0.25) is 14.4 Å². The van der Waals surface area contributed by atoms with E-state index >= 15 is 0 Å². The smallest absolute Gasteiger partial charge is 0.328 e. The predicted octanol–water partition coefficient (Wildman–Crippen LogP) is 0.865. The summed E-state index contributed by atoms with van der Waals surface area (Å²) in [5.74, 6) is -4.51. The van der Waals surface area contributed by atoms with Crippen LogP contribution >= 0.6 is 0 Å². The number of esters is 1. The first-order valence-corrected chi connectivity index (χ1v) is 5.15. The predicted molar refractivity (Wildman–Crippen MR) is 54.7 cm³/mol. The molecule has 1 saturated carbocycles. The standard InChI is InChI=1S/C11H16O5/c1-6(12)8(9(13)14)10(15)16-5-7-4-11(7,2)3/h7-8H,4-5H2,1-3H3,(H,13,14). The number of hydrogen-bond donors (Lipinski definition) is 1. The second-order valence-corrected chi connectivity index (χ2v) is 4.90. The maximum Gasteiger partial charge on any atom is 0.328 e. The molecule has 0 spiro atoms. The number of carboxylic acid groups (broad SMARTS) is 1. The molecule has 5 nitrogen and oxygen atoms in total. The van der Waals surface area contributed by atoms with Crippen LogP contribution in [0.3, 0.4) is 0 Å². The van der Waals surface area contributed by atoms with Crippen LogP contribution in [-0.4, -0.2) is 29.4 Å². The minimum atomic E-state index is -1.68. The highest BCUT2D eigenvalue weighted by atomic mass is 16.5. The van der Waals surface area contributed by atoms with E-state index in [4.69, 9.17) is 9.84 Å². The number of carboxylic acids is 1. The van der Waals surface area contributed by atoms with E-state index in [-0.39, 0.29) is 17.9 Å². The summed E-state index contributed by atoms with van der Waals surface area (Å²) in [6.07, 6.45) is 0.956. The van der Waals surface area contributed by atoms with Crippen molar-refractivity contribution >= 4 is 17.7 Å². The molecule has 1 N–H and O–H groups in total. The second-order valence-electron chi connectivity index (χ2n) is 4.90. The van der Waals surface area contributed by atoms with Crippen LogP contribution < -0.4 is 0 Å². The third-order valence-electron chi connectivity index (χ3n) is 3.03. The fourth-order valence-electron chi connectivity index (χ4n) is 1.57. The van der Waals surface area contributed by atoms with E-state index in [1.54, 1.807) is 0 Å². The first kappa shape index (κ1) is 12.7. The van der Waals surface area contributed by atoms with Gasteiger partial charge in [-0.05, 0) is 24.7 Å². The fraction of sp³-hybridized carbons (Fsp3) is 0.727. The first-order chi connectivity index (χ1) is 7.25. The van der Waals surface area contributed by atoms with Crippen LogP contribution in [0.5, 0.6) is 0 Å². The van der Waals surface area contributed by atoms with Crippen LogP contribution in [0.4, 0.5) is 0 Å². The third-order valence-corrected chi connectivity index (χ3v) is 3.03. The van der Waals surface area contributed by atoms with Crippen molar-refractivity contribution in [2.24, 2.45) is 17.3 Å². The van der Waals surface area contributed by atoms with Gasteiger partial charge < -0.3 is 9.84 Å². The Morgan fingerprint density at radius 1 is 1.44 bits per heavy atom. The van der Waals surface area contributed by atoms with Crippen LogP contribution in [0.15, 0.2) is 0 Å². The molecule has 16 heavy (non-hydrogen) atoms. The van der Waals surface area contributed by atoms with Gasteiger partial charge in [0.25, 0.3) is 0 Å². The zero-order valence-corrected chi connectivity index (χ0v) is 9.65. The largest absolute Gasteiger partial charge is 0.480 e. The van der Waals surface area contributed by atoms with E-state index < -0.39 is 23.6 Å². The Hall–Kier alpha value is -1.39. The number of carbonyl (C=O) groups is 3. The van der Waals surface area contributed by atoms with Gasteiger partial charge >= 0.3 is 11.9 Å². The minimum Gasteiger partial charge on any atom is -0.480 e. The average Bonchev–Trinajstić information content (AvgIpc) is 2.69. The topological polar surface area (TPSA) is 80.7 Å². The van der Waals surface area contributed by atoms with Gasteiger partial charge in [0.1, 0.15) is 0 Å². The normalized spacial score (nSPS) is 23.3. The lowest BCUT2D eigenvalue weighted by molar-refractivity contribution is -0.161. The fourth-order valence-corrected chi connectivity index (χ4v) is 1.57. The minimum absolute atomic E-state index is 0.162. The van der Waals surface area contributed by atoms with Gasteiger partial charge in [0, 0.05) is 0 Å². The molecule has 1 aliphatic carbocycles. The van der Waals surface area contributed by atoms with E-state index in [1.807, 2.05) is 13.8 Å². The van der Waals surface area contributed by atoms with Gasteiger partial charge in [-0.25, -0.2) is 0 Å². The van der Waals surface area contributed by atoms with Crippen LogP contribution in [0, 0.1) is 17.3 Å². The zero-order chi connectivity index (χ0) is 12.5. The lowest BCUT2D eigenvalue weighted by Crippen LogP contribution is -2.32. The lowest BCUT2D eigenvalue weighted by atomic mass is 10.1. The average molecular weight is 228 g/mol. The van der Waals surface area contributed by atoms with Gasteiger partial charge in [-0.1, -0.05) is 13.8 Å². The number of Topliss-reactive ketones (excluding diaryl/α,β-unsaturated/α-hetero) is 1. The monoisotopic (exact) mass is 228 g/mol. The van der Waals surface area contributed by atoms with Crippen molar-refractivity contribution in [1.82, 2.24) is 0 Å². The number of carbonyl (C=O) groups excluding carboxylic acids is 2. The highest BCUT2D eigenvalue weighted by molar-refractivity contribution is 6.13. The summed E-state index contributed by atoms with van der Waals surface area (Å²) in [5.41, 5.74) is 0.162. The molecule has 1 fully saturated rings. The lowest BCUT2D eigenvalue weighted by Gasteiger charge is -2.09. The summed E-state index contributed by atoms with van der Waals surface area (Å²) >= 11 is 0. The molecular formula is C11H16O5. The molecular weight excluding hydrogens is 212 g/mol. The molecule has 1 aliphatic rings. The Kier molecular flexibility index (Phi) is 3.35. The Morgan fingerprint density at radius 2 is 1.94 bits per heavy atom. The summed E-state index contributed by atoms with van der Waals surface area (Å²) in [6.45, 7) is 5.36. The Morgan fingerprint density at radius 3 is 2.25 bits per heavy atom. The quantitative estimate of drug-likeness (QED) is 0.557. The van der Waals surface area contributed by atoms with Crippen LogP contribution in [-0.2, 0) is 19.1 Å². The van der Waals surface area contributed by atoms with E-state index in [9.17, 15) is 14.4 Å². The summed E-state index contributed by atoms with van der Waals surface area (Å²) in [6, 6.07) is 0. The summed E-state index contributed by atoms with van der Waals surface area (Å²) in [5, 5.41) is 8.68. The molecule has 0 amide bonds. The third kappa shape index (κ3) is 2.81. The van der Waals surface area contributed by atoms with E-state index in [0.29, 0.717) is 0 Å². The summed E-state index contributed by atoms with van der Waals surface area (Å²) in [4.78, 5) is 32.9. The van der Waals surface area contributed by atoms with E-state index in [0.717, 1.165) is 13.3 Å². The summed E-state index contributed by atoms with van der Waals surface area (Å²) in [7, 11) is 0. The molecule has 0 heterocycles. The number of aliphatic carboxylic acids is 1. The molecule has 0 bridgehead atoms. The SMILES string of the molecule is CC(=O)C(C(=O)O)C(=O)OCC1CC1(C)C. The molecule has 0 saturated heterocycles. The molecule has 0 radical (unpaired) electrons. The number of hydrogen-bond acceptors (Lipinski definition) is 4. The van der Waals surface area contributed by atoms with Crippen molar-refractivity contribution in [2.45, 2.75) is 27.2 Å². The molecule has 0 aromatic heterocycles. The van der Waals surface area contributed by atoms with Gasteiger partial charge in [0.15, 0.2) is 5.78 Å². The van der Waals surface area contributed by atoms with Crippen molar-refractivity contribution < 1.29 is 24.2 Å². The molecule has 0 aromatic carbocycles.